The summed E-state index contributed by atoms with van der Waals surface area (Å²) in [5.41, 5.74) is 9.61. The minimum Gasteiger partial charge on any atom is -0.457 e. The first-order valence-electron chi connectivity index (χ1n) is 7.20. The Morgan fingerprint density at radius 3 is 2.65 bits per heavy atom. The minimum atomic E-state index is 0.126. The molecule has 2 N–H and O–H groups in total. The molecule has 0 radical (unpaired) electrons. The van der Waals surface area contributed by atoms with Crippen LogP contribution in [0.5, 0.6) is 11.5 Å². The van der Waals surface area contributed by atoms with E-state index in [-0.39, 0.29) is 6.04 Å². The van der Waals surface area contributed by atoms with Gasteiger partial charge in [0, 0.05) is 6.04 Å². The van der Waals surface area contributed by atoms with Crippen molar-refractivity contribution >= 4 is 0 Å². The standard InChI is InChI=1S/C18H23NO/c1-4-15-6-5-7-17(12-15)20-18-9-8-13(2)10-16(18)11-14(3)19/h5-10,12,14H,4,11,19H2,1-3H3. The second-order valence-electron chi connectivity index (χ2n) is 5.40. The second kappa shape index (κ2) is 6.58. The molecule has 20 heavy (non-hydrogen) atoms. The molecule has 1 atom stereocenters. The second-order valence-corrected chi connectivity index (χ2v) is 5.40. The van der Waals surface area contributed by atoms with Gasteiger partial charge in [0.25, 0.3) is 0 Å². The molecule has 0 saturated carbocycles. The monoisotopic (exact) mass is 269 g/mol. The van der Waals surface area contributed by atoms with E-state index in [4.69, 9.17) is 10.5 Å². The van der Waals surface area contributed by atoms with Gasteiger partial charge < -0.3 is 10.5 Å². The molecule has 0 amide bonds. The molecule has 0 saturated heterocycles. The van der Waals surface area contributed by atoms with E-state index in [1.165, 1.54) is 16.7 Å². The number of ether oxygens (including phenoxy) is 1. The molecule has 2 aromatic rings. The van der Waals surface area contributed by atoms with Gasteiger partial charge in [-0.25, -0.2) is 0 Å². The van der Waals surface area contributed by atoms with Gasteiger partial charge in [-0.3, -0.25) is 0 Å². The number of rotatable bonds is 5. The Kier molecular flexibility index (Phi) is 4.80. The van der Waals surface area contributed by atoms with Gasteiger partial charge in [0.1, 0.15) is 11.5 Å². The molecular formula is C18H23NO. The van der Waals surface area contributed by atoms with Crippen LogP contribution in [0.1, 0.15) is 30.5 Å². The van der Waals surface area contributed by atoms with E-state index >= 15 is 0 Å². The zero-order valence-electron chi connectivity index (χ0n) is 12.5. The highest BCUT2D eigenvalue weighted by molar-refractivity contribution is 5.41. The Balaban J connectivity index is 2.27. The first kappa shape index (κ1) is 14.6. The minimum absolute atomic E-state index is 0.126. The highest BCUT2D eigenvalue weighted by Gasteiger charge is 2.08. The van der Waals surface area contributed by atoms with Gasteiger partial charge >= 0.3 is 0 Å². The van der Waals surface area contributed by atoms with Crippen LogP contribution in [0.15, 0.2) is 42.5 Å². The van der Waals surface area contributed by atoms with Gasteiger partial charge in [-0.2, -0.15) is 0 Å². The maximum absolute atomic E-state index is 6.05. The van der Waals surface area contributed by atoms with Gasteiger partial charge in [-0.1, -0.05) is 36.8 Å². The van der Waals surface area contributed by atoms with Crippen LogP contribution in [-0.4, -0.2) is 6.04 Å². The Hall–Kier alpha value is -1.80. The Bertz CT molecular complexity index is 575. The molecule has 0 aliphatic heterocycles. The lowest BCUT2D eigenvalue weighted by Gasteiger charge is -2.14. The molecule has 2 heteroatoms. The highest BCUT2D eigenvalue weighted by Crippen LogP contribution is 2.27. The van der Waals surface area contributed by atoms with Crippen LogP contribution in [0.3, 0.4) is 0 Å². The number of hydrogen-bond donors (Lipinski definition) is 1. The Labute approximate surface area is 121 Å². The van der Waals surface area contributed by atoms with Crippen LogP contribution in [0, 0.1) is 6.92 Å². The fourth-order valence-electron chi connectivity index (χ4n) is 2.27. The van der Waals surface area contributed by atoms with Gasteiger partial charge in [-0.05, 0) is 56.0 Å². The van der Waals surface area contributed by atoms with Crippen LogP contribution >= 0.6 is 0 Å². The molecule has 0 aliphatic rings. The van der Waals surface area contributed by atoms with Crippen molar-refractivity contribution in [2.24, 2.45) is 5.73 Å². The molecule has 0 aromatic heterocycles. The van der Waals surface area contributed by atoms with Gasteiger partial charge in [0.2, 0.25) is 0 Å². The Morgan fingerprint density at radius 2 is 1.95 bits per heavy atom. The lowest BCUT2D eigenvalue weighted by Crippen LogP contribution is -2.18. The van der Waals surface area contributed by atoms with Gasteiger partial charge in [-0.15, -0.1) is 0 Å². The predicted molar refractivity (Wildman–Crippen MR) is 84.4 cm³/mol. The van der Waals surface area contributed by atoms with Crippen molar-refractivity contribution in [3.8, 4) is 11.5 Å². The molecule has 0 spiro atoms. The maximum atomic E-state index is 6.05. The van der Waals surface area contributed by atoms with E-state index in [2.05, 4.69) is 38.1 Å². The molecular weight excluding hydrogens is 246 g/mol. The lowest BCUT2D eigenvalue weighted by atomic mass is 10.0. The molecule has 106 valence electrons. The summed E-state index contributed by atoms with van der Waals surface area (Å²) in [5, 5.41) is 0. The first-order chi connectivity index (χ1) is 9.58. The van der Waals surface area contributed by atoms with Gasteiger partial charge in [0.05, 0.1) is 0 Å². The highest BCUT2D eigenvalue weighted by atomic mass is 16.5. The average molecular weight is 269 g/mol. The summed E-state index contributed by atoms with van der Waals surface area (Å²) in [5.74, 6) is 1.79. The third-order valence-corrected chi connectivity index (χ3v) is 3.29. The van der Waals surface area contributed by atoms with E-state index < -0.39 is 0 Å². The SMILES string of the molecule is CCc1cccc(Oc2ccc(C)cc2CC(C)N)c1. The molecule has 0 bridgehead atoms. The fourth-order valence-corrected chi connectivity index (χ4v) is 2.27. The summed E-state index contributed by atoms with van der Waals surface area (Å²) in [4.78, 5) is 0. The van der Waals surface area contributed by atoms with Crippen molar-refractivity contribution < 1.29 is 4.74 Å². The van der Waals surface area contributed by atoms with Crippen molar-refractivity contribution in [2.45, 2.75) is 39.7 Å². The molecule has 1 unspecified atom stereocenters. The summed E-state index contributed by atoms with van der Waals surface area (Å²) in [6.45, 7) is 6.25. The molecule has 2 aromatic carbocycles. The number of aryl methyl sites for hydroxylation is 2. The van der Waals surface area contributed by atoms with E-state index in [1.807, 2.05) is 25.1 Å². The zero-order chi connectivity index (χ0) is 14.5. The van der Waals surface area contributed by atoms with E-state index in [1.54, 1.807) is 0 Å². The largest absolute Gasteiger partial charge is 0.457 e. The van der Waals surface area contributed by atoms with E-state index in [0.717, 1.165) is 24.3 Å². The van der Waals surface area contributed by atoms with Crippen LogP contribution in [-0.2, 0) is 12.8 Å². The molecule has 0 heterocycles. The molecule has 0 fully saturated rings. The third-order valence-electron chi connectivity index (χ3n) is 3.29. The smallest absolute Gasteiger partial charge is 0.130 e. The number of nitrogens with two attached hydrogens (primary N) is 1. The maximum Gasteiger partial charge on any atom is 0.130 e. The summed E-state index contributed by atoms with van der Waals surface area (Å²) in [6.07, 6.45) is 1.84. The van der Waals surface area contributed by atoms with Crippen molar-refractivity contribution in [2.75, 3.05) is 0 Å². The van der Waals surface area contributed by atoms with Crippen LogP contribution in [0.25, 0.3) is 0 Å². The summed E-state index contributed by atoms with van der Waals surface area (Å²) in [7, 11) is 0. The summed E-state index contributed by atoms with van der Waals surface area (Å²) < 4.78 is 6.05. The molecule has 2 nitrogen and oxygen atoms in total. The first-order valence-corrected chi connectivity index (χ1v) is 7.20. The van der Waals surface area contributed by atoms with Crippen LogP contribution in [0.4, 0.5) is 0 Å². The molecule has 2 rings (SSSR count). The van der Waals surface area contributed by atoms with Gasteiger partial charge in [0.15, 0.2) is 0 Å². The lowest BCUT2D eigenvalue weighted by molar-refractivity contribution is 0.473. The van der Waals surface area contributed by atoms with E-state index in [0.29, 0.717) is 0 Å². The quantitative estimate of drug-likeness (QED) is 0.881. The fraction of sp³-hybridized carbons (Fsp3) is 0.333. The third kappa shape index (κ3) is 3.84. The molecule has 0 aliphatic carbocycles. The summed E-state index contributed by atoms with van der Waals surface area (Å²) >= 11 is 0. The normalized spacial score (nSPS) is 12.2. The number of benzene rings is 2. The topological polar surface area (TPSA) is 35.2 Å². The van der Waals surface area contributed by atoms with Crippen molar-refractivity contribution in [3.63, 3.8) is 0 Å². The number of hydrogen-bond acceptors (Lipinski definition) is 2. The van der Waals surface area contributed by atoms with Crippen molar-refractivity contribution in [1.29, 1.82) is 0 Å². The Morgan fingerprint density at radius 1 is 1.15 bits per heavy atom. The zero-order valence-corrected chi connectivity index (χ0v) is 12.5. The van der Waals surface area contributed by atoms with Crippen LogP contribution < -0.4 is 10.5 Å². The van der Waals surface area contributed by atoms with Crippen molar-refractivity contribution in [1.82, 2.24) is 0 Å². The summed E-state index contributed by atoms with van der Waals surface area (Å²) in [6, 6.07) is 14.6. The van der Waals surface area contributed by atoms with Crippen molar-refractivity contribution in [3.05, 3.63) is 59.2 Å². The van der Waals surface area contributed by atoms with E-state index in [9.17, 15) is 0 Å². The average Bonchev–Trinajstić information content (AvgIpc) is 2.41. The predicted octanol–water partition coefficient (Wildman–Crippen LogP) is 4.24. The van der Waals surface area contributed by atoms with Crippen LogP contribution in [0.2, 0.25) is 0 Å².